The molecule has 1 fully saturated rings. The highest BCUT2D eigenvalue weighted by Gasteiger charge is 2.60. The predicted molar refractivity (Wildman–Crippen MR) is 89.2 cm³/mol. The lowest BCUT2D eigenvalue weighted by Crippen LogP contribution is -2.40. The van der Waals surface area contributed by atoms with Crippen molar-refractivity contribution in [3.05, 3.63) is 47.7 Å². The molecule has 1 amide bonds. The summed E-state index contributed by atoms with van der Waals surface area (Å²) in [6.45, 7) is 0. The number of benzene rings is 1. The van der Waals surface area contributed by atoms with E-state index in [1.807, 2.05) is 18.2 Å². The molecule has 1 heterocycles. The molecule has 2 aromatic rings. The van der Waals surface area contributed by atoms with Crippen LogP contribution in [0.15, 0.2) is 46.1 Å². The van der Waals surface area contributed by atoms with Crippen molar-refractivity contribution in [3.63, 3.8) is 0 Å². The summed E-state index contributed by atoms with van der Waals surface area (Å²) in [7, 11) is -4.01. The molecular weight excluding hydrogens is 344 g/mol. The van der Waals surface area contributed by atoms with Gasteiger partial charge >= 0.3 is 0 Å². The van der Waals surface area contributed by atoms with E-state index in [1.165, 1.54) is 24.0 Å². The lowest BCUT2D eigenvalue weighted by Gasteiger charge is -2.13. The van der Waals surface area contributed by atoms with Gasteiger partial charge in [0.15, 0.2) is 0 Å². The third-order valence-corrected chi connectivity index (χ3v) is 6.11. The largest absolute Gasteiger partial charge is 0.452 e. The van der Waals surface area contributed by atoms with Gasteiger partial charge in [-0.05, 0) is 48.6 Å². The second-order valence-corrected chi connectivity index (χ2v) is 8.12. The monoisotopic (exact) mass is 362 g/mol. The lowest BCUT2D eigenvalue weighted by molar-refractivity contribution is -0.118. The molecule has 132 valence electrons. The Morgan fingerprint density at radius 2 is 2.08 bits per heavy atom. The van der Waals surface area contributed by atoms with Crippen molar-refractivity contribution in [1.29, 1.82) is 0 Å². The van der Waals surface area contributed by atoms with Gasteiger partial charge in [0.25, 0.3) is 10.0 Å². The molecule has 0 bridgehead atoms. The summed E-state index contributed by atoms with van der Waals surface area (Å²) in [5.41, 5.74) is 1.30. The standard InChI is InChI=1S/C17H18N2O5S/c20-16(18-14-7-2-5-11-4-1-6-12(11)14)13-10-17(13,21)19-25(22,23)15-8-3-9-24-15/h2-3,5,7-9,13,19,21H,1,4,6,10H2,(H,18,20). The Balaban J connectivity index is 1.46. The molecule has 1 saturated carbocycles. The van der Waals surface area contributed by atoms with Crippen molar-refractivity contribution < 1.29 is 22.7 Å². The zero-order valence-electron chi connectivity index (χ0n) is 13.4. The number of amides is 1. The number of carbonyl (C=O) groups excluding carboxylic acids is 1. The van der Waals surface area contributed by atoms with Gasteiger partial charge in [-0.3, -0.25) is 4.79 Å². The molecule has 25 heavy (non-hydrogen) atoms. The van der Waals surface area contributed by atoms with E-state index in [1.54, 1.807) is 0 Å². The molecule has 1 aromatic heterocycles. The van der Waals surface area contributed by atoms with Crippen LogP contribution in [0, 0.1) is 5.92 Å². The number of fused-ring (bicyclic) bond motifs is 1. The van der Waals surface area contributed by atoms with E-state index >= 15 is 0 Å². The number of aliphatic hydroxyl groups is 1. The maximum Gasteiger partial charge on any atom is 0.276 e. The van der Waals surface area contributed by atoms with Crippen molar-refractivity contribution in [1.82, 2.24) is 4.72 Å². The molecule has 0 spiro atoms. The van der Waals surface area contributed by atoms with Gasteiger partial charge < -0.3 is 14.8 Å². The van der Waals surface area contributed by atoms with Crippen LogP contribution in [0.3, 0.4) is 0 Å². The minimum Gasteiger partial charge on any atom is -0.452 e. The molecule has 2 atom stereocenters. The first-order valence-corrected chi connectivity index (χ1v) is 9.59. The van der Waals surface area contributed by atoms with Gasteiger partial charge in [0.05, 0.1) is 12.2 Å². The first-order valence-electron chi connectivity index (χ1n) is 8.10. The number of rotatable bonds is 5. The molecular formula is C17H18N2O5S. The maximum absolute atomic E-state index is 12.4. The Morgan fingerprint density at radius 3 is 2.84 bits per heavy atom. The predicted octanol–water partition coefficient (Wildman–Crippen LogP) is 1.39. The molecule has 2 aliphatic carbocycles. The quantitative estimate of drug-likeness (QED) is 0.697. The molecule has 4 rings (SSSR count). The number of hydrogen-bond donors (Lipinski definition) is 3. The Labute approximate surface area is 145 Å². The zero-order valence-corrected chi connectivity index (χ0v) is 14.2. The van der Waals surface area contributed by atoms with E-state index in [0.717, 1.165) is 30.5 Å². The summed E-state index contributed by atoms with van der Waals surface area (Å²) in [4.78, 5) is 12.4. The summed E-state index contributed by atoms with van der Waals surface area (Å²) >= 11 is 0. The fourth-order valence-electron chi connectivity index (χ4n) is 3.33. The molecule has 1 aromatic carbocycles. The van der Waals surface area contributed by atoms with Crippen LogP contribution in [-0.4, -0.2) is 25.2 Å². The second kappa shape index (κ2) is 5.69. The topological polar surface area (TPSA) is 109 Å². The third-order valence-electron chi connectivity index (χ3n) is 4.72. The highest BCUT2D eigenvalue weighted by Crippen LogP contribution is 2.43. The van der Waals surface area contributed by atoms with Gasteiger partial charge in [0.1, 0.15) is 5.72 Å². The minimum atomic E-state index is -4.01. The number of anilines is 1. The van der Waals surface area contributed by atoms with Crippen LogP contribution in [0.5, 0.6) is 0 Å². The molecule has 0 aliphatic heterocycles. The van der Waals surface area contributed by atoms with E-state index in [2.05, 4.69) is 10.0 Å². The number of aryl methyl sites for hydroxylation is 1. The summed E-state index contributed by atoms with van der Waals surface area (Å²) < 4.78 is 31.3. The molecule has 3 N–H and O–H groups in total. The van der Waals surface area contributed by atoms with E-state index in [4.69, 9.17) is 4.42 Å². The van der Waals surface area contributed by atoms with Crippen molar-refractivity contribution in [2.24, 2.45) is 5.92 Å². The number of carbonyl (C=O) groups is 1. The summed E-state index contributed by atoms with van der Waals surface area (Å²) in [6, 6.07) is 8.47. The average molecular weight is 362 g/mol. The normalized spacial score (nSPS) is 24.8. The Morgan fingerprint density at radius 1 is 1.24 bits per heavy atom. The van der Waals surface area contributed by atoms with Crippen LogP contribution >= 0.6 is 0 Å². The molecule has 7 nitrogen and oxygen atoms in total. The molecule has 0 radical (unpaired) electrons. The van der Waals surface area contributed by atoms with Crippen LogP contribution in [0.4, 0.5) is 5.69 Å². The van der Waals surface area contributed by atoms with Crippen molar-refractivity contribution in [2.45, 2.75) is 36.5 Å². The van der Waals surface area contributed by atoms with Gasteiger partial charge in [0, 0.05) is 12.1 Å². The number of hydrogen-bond acceptors (Lipinski definition) is 5. The lowest BCUT2D eigenvalue weighted by atomic mass is 10.1. The van der Waals surface area contributed by atoms with Gasteiger partial charge in [-0.25, -0.2) is 8.42 Å². The summed E-state index contributed by atoms with van der Waals surface area (Å²) in [5.74, 6) is -1.24. The number of furan rings is 1. The van der Waals surface area contributed by atoms with E-state index in [9.17, 15) is 18.3 Å². The summed E-state index contributed by atoms with van der Waals surface area (Å²) in [5, 5.41) is 12.9. The van der Waals surface area contributed by atoms with Crippen LogP contribution in [0.25, 0.3) is 0 Å². The van der Waals surface area contributed by atoms with Crippen LogP contribution in [-0.2, 0) is 27.7 Å². The highest BCUT2D eigenvalue weighted by atomic mass is 32.2. The van der Waals surface area contributed by atoms with Gasteiger partial charge in [-0.2, -0.15) is 4.72 Å². The van der Waals surface area contributed by atoms with E-state index < -0.39 is 27.6 Å². The van der Waals surface area contributed by atoms with Crippen LogP contribution < -0.4 is 10.0 Å². The van der Waals surface area contributed by atoms with E-state index in [0.29, 0.717) is 0 Å². The number of nitrogens with one attached hydrogen (secondary N) is 2. The third kappa shape index (κ3) is 2.97. The number of sulfonamides is 1. The molecule has 2 unspecified atom stereocenters. The van der Waals surface area contributed by atoms with Crippen molar-refractivity contribution in [2.75, 3.05) is 5.32 Å². The average Bonchev–Trinajstić information content (AvgIpc) is 3.02. The van der Waals surface area contributed by atoms with Crippen molar-refractivity contribution in [3.8, 4) is 0 Å². The van der Waals surface area contributed by atoms with Gasteiger partial charge in [-0.15, -0.1) is 0 Å². The van der Waals surface area contributed by atoms with Gasteiger partial charge in [-0.1, -0.05) is 12.1 Å². The molecule has 8 heteroatoms. The smallest absolute Gasteiger partial charge is 0.276 e. The Kier molecular flexibility index (Phi) is 3.71. The van der Waals surface area contributed by atoms with Gasteiger partial charge in [0.2, 0.25) is 11.0 Å². The van der Waals surface area contributed by atoms with Crippen molar-refractivity contribution >= 4 is 21.6 Å². The molecule has 0 saturated heterocycles. The zero-order chi connectivity index (χ0) is 17.7. The minimum absolute atomic E-state index is 0.0216. The SMILES string of the molecule is O=C(Nc1cccc2c1CCC2)C1CC1(O)NS(=O)(=O)c1ccco1. The Hall–Kier alpha value is -2.16. The fraction of sp³-hybridized carbons (Fsp3) is 0.353. The first-order chi connectivity index (χ1) is 11.9. The first kappa shape index (κ1) is 16.3. The Bertz CT molecular complexity index is 923. The van der Waals surface area contributed by atoms with Crippen LogP contribution in [0.1, 0.15) is 24.0 Å². The highest BCUT2D eigenvalue weighted by molar-refractivity contribution is 7.89. The molecule has 2 aliphatic rings. The van der Waals surface area contributed by atoms with Crippen LogP contribution in [0.2, 0.25) is 0 Å². The fourth-order valence-corrected chi connectivity index (χ4v) is 4.56. The van der Waals surface area contributed by atoms with E-state index in [-0.39, 0.29) is 11.5 Å². The summed E-state index contributed by atoms with van der Waals surface area (Å²) in [6.07, 6.45) is 4.21. The second-order valence-electron chi connectivity index (χ2n) is 6.50. The maximum atomic E-state index is 12.4.